The van der Waals surface area contributed by atoms with Crippen molar-refractivity contribution in [1.29, 1.82) is 0 Å². The van der Waals surface area contributed by atoms with Gasteiger partial charge >= 0.3 is 0 Å². The maximum absolute atomic E-state index is 12.4. The average molecular weight is 322 g/mol. The lowest BCUT2D eigenvalue weighted by molar-refractivity contribution is -0.130. The maximum Gasteiger partial charge on any atom is 0.225 e. The van der Waals surface area contributed by atoms with Crippen LogP contribution in [0.15, 0.2) is 0 Å². The Morgan fingerprint density at radius 1 is 1.13 bits per heavy atom. The van der Waals surface area contributed by atoms with Crippen LogP contribution in [0.3, 0.4) is 0 Å². The lowest BCUT2D eigenvalue weighted by atomic mass is 9.94. The van der Waals surface area contributed by atoms with Gasteiger partial charge in [-0.1, -0.05) is 38.5 Å². The van der Waals surface area contributed by atoms with E-state index in [9.17, 15) is 14.7 Å². The summed E-state index contributed by atoms with van der Waals surface area (Å²) in [4.78, 5) is 26.5. The topological polar surface area (TPSA) is 69.6 Å². The molecule has 0 aromatic rings. The van der Waals surface area contributed by atoms with Gasteiger partial charge in [0.1, 0.15) is 0 Å². The van der Waals surface area contributed by atoms with Crippen molar-refractivity contribution in [2.75, 3.05) is 13.1 Å². The first-order valence-electron chi connectivity index (χ1n) is 9.37. The number of amides is 2. The van der Waals surface area contributed by atoms with Crippen LogP contribution in [-0.2, 0) is 9.59 Å². The van der Waals surface area contributed by atoms with E-state index < -0.39 is 5.60 Å². The summed E-state index contributed by atoms with van der Waals surface area (Å²) in [6.07, 6.45) is 10.8. The molecule has 0 radical (unpaired) electrons. The molecule has 1 atom stereocenters. The fraction of sp³-hybridized carbons (Fsp3) is 0.889. The van der Waals surface area contributed by atoms with Gasteiger partial charge in [-0.05, 0) is 25.7 Å². The van der Waals surface area contributed by atoms with E-state index in [0.717, 1.165) is 38.5 Å². The number of aliphatic hydroxyl groups is 1. The molecule has 5 heteroatoms. The van der Waals surface area contributed by atoms with Gasteiger partial charge in [-0.2, -0.15) is 0 Å². The van der Waals surface area contributed by atoms with Gasteiger partial charge in [0.15, 0.2) is 0 Å². The van der Waals surface area contributed by atoms with Crippen molar-refractivity contribution < 1.29 is 14.7 Å². The van der Waals surface area contributed by atoms with E-state index in [-0.39, 0.29) is 17.7 Å². The number of likely N-dealkylation sites (tertiary alicyclic amines) is 1. The molecule has 1 saturated heterocycles. The Morgan fingerprint density at radius 2 is 1.78 bits per heavy atom. The third-order valence-electron chi connectivity index (χ3n) is 5.92. The van der Waals surface area contributed by atoms with Crippen molar-refractivity contribution in [3.8, 4) is 0 Å². The van der Waals surface area contributed by atoms with Gasteiger partial charge in [0.05, 0.1) is 11.5 Å². The van der Waals surface area contributed by atoms with Gasteiger partial charge in [-0.15, -0.1) is 0 Å². The van der Waals surface area contributed by atoms with E-state index in [0.29, 0.717) is 25.6 Å². The Morgan fingerprint density at radius 3 is 2.43 bits per heavy atom. The van der Waals surface area contributed by atoms with Crippen LogP contribution in [0.5, 0.6) is 0 Å². The van der Waals surface area contributed by atoms with Crippen molar-refractivity contribution in [1.82, 2.24) is 10.2 Å². The number of hydrogen-bond donors (Lipinski definition) is 2. The Labute approximate surface area is 138 Å². The smallest absolute Gasteiger partial charge is 0.225 e. The number of carbonyl (C=O) groups excluding carboxylic acids is 2. The Balaban J connectivity index is 1.49. The minimum atomic E-state index is -0.750. The molecular formula is C18H30N2O3. The number of carbonyl (C=O) groups is 2. The molecule has 1 unspecified atom stereocenters. The van der Waals surface area contributed by atoms with Crippen molar-refractivity contribution >= 4 is 11.8 Å². The van der Waals surface area contributed by atoms with Crippen molar-refractivity contribution in [2.45, 2.75) is 82.3 Å². The van der Waals surface area contributed by atoms with Gasteiger partial charge in [0.25, 0.3) is 0 Å². The summed E-state index contributed by atoms with van der Waals surface area (Å²) in [7, 11) is 0. The highest BCUT2D eigenvalue weighted by atomic mass is 16.3. The van der Waals surface area contributed by atoms with Gasteiger partial charge in [-0.25, -0.2) is 0 Å². The zero-order valence-electron chi connectivity index (χ0n) is 14.1. The maximum atomic E-state index is 12.4. The highest BCUT2D eigenvalue weighted by Crippen LogP contribution is 2.30. The summed E-state index contributed by atoms with van der Waals surface area (Å²) in [6.45, 7) is 0.897. The normalized spacial score (nSPS) is 28.8. The molecule has 1 aliphatic heterocycles. The number of nitrogens with zero attached hydrogens (tertiary/aromatic N) is 1. The second kappa shape index (κ2) is 7.20. The van der Waals surface area contributed by atoms with Gasteiger partial charge in [-0.3, -0.25) is 9.59 Å². The lowest BCUT2D eigenvalue weighted by Gasteiger charge is -2.27. The molecule has 3 fully saturated rings. The highest BCUT2D eigenvalue weighted by Gasteiger charge is 2.39. The van der Waals surface area contributed by atoms with Crippen LogP contribution in [-0.4, -0.2) is 46.6 Å². The monoisotopic (exact) mass is 322 g/mol. The molecule has 5 nitrogen and oxygen atoms in total. The van der Waals surface area contributed by atoms with E-state index in [1.165, 1.54) is 25.7 Å². The van der Waals surface area contributed by atoms with Crippen LogP contribution in [0.1, 0.15) is 70.6 Å². The van der Waals surface area contributed by atoms with Crippen LogP contribution in [0.25, 0.3) is 0 Å². The molecule has 130 valence electrons. The largest absolute Gasteiger partial charge is 0.388 e. The molecule has 0 aromatic heterocycles. The van der Waals surface area contributed by atoms with Crippen LogP contribution in [0, 0.1) is 5.92 Å². The molecule has 3 aliphatic rings. The van der Waals surface area contributed by atoms with Gasteiger partial charge < -0.3 is 15.3 Å². The third-order valence-corrected chi connectivity index (χ3v) is 5.92. The van der Waals surface area contributed by atoms with Crippen LogP contribution < -0.4 is 5.32 Å². The SMILES string of the molecule is O=C(NCC1(O)CCCCCC1)C1CC(=O)N(C2CCCC2)C1. The van der Waals surface area contributed by atoms with E-state index in [4.69, 9.17) is 0 Å². The zero-order chi connectivity index (χ0) is 16.3. The average Bonchev–Trinajstić information content (AvgIpc) is 3.13. The lowest BCUT2D eigenvalue weighted by Crippen LogP contribution is -2.45. The van der Waals surface area contributed by atoms with E-state index in [1.54, 1.807) is 0 Å². The van der Waals surface area contributed by atoms with E-state index in [2.05, 4.69) is 5.32 Å². The molecule has 23 heavy (non-hydrogen) atoms. The Kier molecular flexibility index (Phi) is 5.24. The number of hydrogen-bond acceptors (Lipinski definition) is 3. The summed E-state index contributed by atoms with van der Waals surface area (Å²) in [5.41, 5.74) is -0.750. The minimum absolute atomic E-state index is 0.0588. The van der Waals surface area contributed by atoms with Crippen molar-refractivity contribution in [3.63, 3.8) is 0 Å². The summed E-state index contributed by atoms with van der Waals surface area (Å²) >= 11 is 0. The predicted molar refractivity (Wildman–Crippen MR) is 87.7 cm³/mol. The molecule has 2 saturated carbocycles. The molecular weight excluding hydrogens is 292 g/mol. The van der Waals surface area contributed by atoms with Gasteiger partial charge in [0.2, 0.25) is 11.8 Å². The zero-order valence-corrected chi connectivity index (χ0v) is 14.1. The fourth-order valence-corrected chi connectivity index (χ4v) is 4.44. The second-order valence-electron chi connectivity index (χ2n) is 7.74. The van der Waals surface area contributed by atoms with Gasteiger partial charge in [0, 0.05) is 25.6 Å². The predicted octanol–water partition coefficient (Wildman–Crippen LogP) is 1.98. The van der Waals surface area contributed by atoms with Crippen molar-refractivity contribution in [2.24, 2.45) is 5.92 Å². The molecule has 2 amide bonds. The highest BCUT2D eigenvalue weighted by molar-refractivity contribution is 5.89. The molecule has 2 aliphatic carbocycles. The third kappa shape index (κ3) is 4.06. The molecule has 0 aromatic carbocycles. The number of rotatable bonds is 4. The van der Waals surface area contributed by atoms with Crippen molar-refractivity contribution in [3.05, 3.63) is 0 Å². The molecule has 2 N–H and O–H groups in total. The quantitative estimate of drug-likeness (QED) is 0.778. The number of nitrogens with one attached hydrogen (secondary N) is 1. The van der Waals surface area contributed by atoms with E-state index >= 15 is 0 Å². The van der Waals surface area contributed by atoms with Crippen LogP contribution in [0.2, 0.25) is 0 Å². The summed E-state index contributed by atoms with van der Waals surface area (Å²) in [5, 5.41) is 13.6. The molecule has 1 heterocycles. The second-order valence-corrected chi connectivity index (χ2v) is 7.74. The first-order chi connectivity index (χ1) is 11.1. The first-order valence-corrected chi connectivity index (χ1v) is 9.37. The Bertz CT molecular complexity index is 438. The fourth-order valence-electron chi connectivity index (χ4n) is 4.44. The summed E-state index contributed by atoms with van der Waals surface area (Å²) < 4.78 is 0. The van der Waals surface area contributed by atoms with E-state index in [1.807, 2.05) is 4.90 Å². The van der Waals surface area contributed by atoms with Crippen LogP contribution >= 0.6 is 0 Å². The summed E-state index contributed by atoms with van der Waals surface area (Å²) in [6, 6.07) is 0.353. The minimum Gasteiger partial charge on any atom is -0.388 e. The molecule has 0 spiro atoms. The standard InChI is InChI=1S/C18H30N2O3/c21-16-11-14(12-20(16)15-7-3-4-8-15)17(22)19-13-18(23)9-5-1-2-6-10-18/h14-15,23H,1-13H2,(H,19,22). The summed E-state index contributed by atoms with van der Waals surface area (Å²) in [5.74, 6) is -0.167. The first kappa shape index (κ1) is 16.7. The Hall–Kier alpha value is -1.10. The molecule has 0 bridgehead atoms. The van der Waals surface area contributed by atoms with Crippen LogP contribution in [0.4, 0.5) is 0 Å². The molecule has 3 rings (SSSR count).